The fraction of sp³-hybridized carbons (Fsp3) is 0.765. The number of rotatable bonds is 4. The molecule has 1 nitrogen and oxygen atoms in total. The Morgan fingerprint density at radius 1 is 1.29 bits per heavy atom. The van der Waals surface area contributed by atoms with Crippen LogP contribution in [0.2, 0.25) is 5.02 Å². The molecule has 2 aliphatic carbocycles. The van der Waals surface area contributed by atoms with Gasteiger partial charge >= 0.3 is 0 Å². The topological polar surface area (TPSA) is 12.0 Å². The predicted octanol–water partition coefficient (Wildman–Crippen LogP) is 6.42. The summed E-state index contributed by atoms with van der Waals surface area (Å²) in [6, 6.07) is 2.66. The van der Waals surface area contributed by atoms with Gasteiger partial charge in [0.25, 0.3) is 0 Å². The molecule has 118 valence electrons. The van der Waals surface area contributed by atoms with Crippen LogP contribution in [0.4, 0.5) is 0 Å². The maximum atomic E-state index is 6.26. The van der Waals surface area contributed by atoms with Crippen molar-refractivity contribution in [3.8, 4) is 0 Å². The van der Waals surface area contributed by atoms with Crippen LogP contribution in [0.1, 0.15) is 62.8 Å². The molecular formula is C17H25BrClNS. The van der Waals surface area contributed by atoms with Crippen LogP contribution in [0.25, 0.3) is 0 Å². The summed E-state index contributed by atoms with van der Waals surface area (Å²) in [6.45, 7) is 3.24. The standard InChI is InChI=1S/C17H25BrClNS/c1-2-20-16(15-10-14(19)17(18)21-15)13-8-7-11-5-3-4-6-12(11)9-13/h10-13,16,20H,2-9H2,1H3. The Bertz CT molecular complexity index is 456. The first-order valence-corrected chi connectivity index (χ1v) is 10.4. The molecule has 3 rings (SSSR count). The highest BCUT2D eigenvalue weighted by atomic mass is 79.9. The molecule has 2 saturated carbocycles. The first-order chi connectivity index (χ1) is 10.2. The van der Waals surface area contributed by atoms with E-state index >= 15 is 0 Å². The number of hydrogen-bond donors (Lipinski definition) is 1. The van der Waals surface area contributed by atoms with Gasteiger partial charge in [0.15, 0.2) is 0 Å². The highest BCUT2D eigenvalue weighted by molar-refractivity contribution is 9.11. The Hall–Kier alpha value is 0.430. The fourth-order valence-corrected chi connectivity index (χ4v) is 6.36. The Balaban J connectivity index is 1.74. The molecule has 4 unspecified atom stereocenters. The van der Waals surface area contributed by atoms with Gasteiger partial charge in [-0.1, -0.05) is 44.2 Å². The Kier molecular flexibility index (Phi) is 5.69. The van der Waals surface area contributed by atoms with E-state index in [2.05, 4.69) is 34.2 Å². The molecule has 0 aromatic carbocycles. The molecule has 4 heteroatoms. The molecule has 1 aromatic heterocycles. The quantitative estimate of drug-likeness (QED) is 0.625. The second-order valence-corrected chi connectivity index (χ2v) is 9.49. The van der Waals surface area contributed by atoms with Gasteiger partial charge in [-0.25, -0.2) is 0 Å². The van der Waals surface area contributed by atoms with E-state index in [1.165, 1.54) is 49.8 Å². The van der Waals surface area contributed by atoms with Crippen LogP contribution in [0.15, 0.2) is 9.85 Å². The van der Waals surface area contributed by atoms with Crippen molar-refractivity contribution in [2.75, 3.05) is 6.54 Å². The van der Waals surface area contributed by atoms with Crippen LogP contribution < -0.4 is 5.32 Å². The first-order valence-electron chi connectivity index (χ1n) is 8.37. The zero-order valence-corrected chi connectivity index (χ0v) is 15.9. The van der Waals surface area contributed by atoms with E-state index in [1.807, 2.05) is 11.3 Å². The molecular weight excluding hydrogens is 366 g/mol. The van der Waals surface area contributed by atoms with Crippen molar-refractivity contribution < 1.29 is 0 Å². The minimum Gasteiger partial charge on any atom is -0.309 e. The second kappa shape index (κ2) is 7.33. The minimum absolute atomic E-state index is 0.492. The number of halogens is 2. The summed E-state index contributed by atoms with van der Waals surface area (Å²) in [5, 5.41) is 4.60. The van der Waals surface area contributed by atoms with Gasteiger partial charge in [0.1, 0.15) is 0 Å². The van der Waals surface area contributed by atoms with E-state index < -0.39 is 0 Å². The van der Waals surface area contributed by atoms with Crippen molar-refractivity contribution in [3.05, 3.63) is 19.8 Å². The molecule has 1 heterocycles. The third-order valence-corrected chi connectivity index (χ3v) is 8.00. The minimum atomic E-state index is 0.492. The fourth-order valence-electron chi connectivity index (χ4n) is 4.45. The van der Waals surface area contributed by atoms with Crippen molar-refractivity contribution >= 4 is 38.9 Å². The lowest BCUT2D eigenvalue weighted by Gasteiger charge is -2.42. The Morgan fingerprint density at radius 2 is 2.05 bits per heavy atom. The average Bonchev–Trinajstić information content (AvgIpc) is 2.83. The van der Waals surface area contributed by atoms with Crippen molar-refractivity contribution in [2.24, 2.45) is 17.8 Å². The van der Waals surface area contributed by atoms with Crippen LogP contribution >= 0.6 is 38.9 Å². The summed E-state index contributed by atoms with van der Waals surface area (Å²) >= 11 is 11.6. The van der Waals surface area contributed by atoms with E-state index in [0.717, 1.165) is 33.1 Å². The summed E-state index contributed by atoms with van der Waals surface area (Å²) in [7, 11) is 0. The molecule has 0 radical (unpaired) electrons. The summed E-state index contributed by atoms with van der Waals surface area (Å²) in [6.07, 6.45) is 10.1. The molecule has 0 aliphatic heterocycles. The van der Waals surface area contributed by atoms with E-state index in [4.69, 9.17) is 11.6 Å². The van der Waals surface area contributed by atoms with Gasteiger partial charge in [0, 0.05) is 10.9 Å². The Labute approximate surface area is 146 Å². The number of nitrogens with one attached hydrogen (secondary N) is 1. The van der Waals surface area contributed by atoms with Gasteiger partial charge in [-0.05, 0) is 65.6 Å². The molecule has 0 amide bonds. The average molecular weight is 391 g/mol. The smallest absolute Gasteiger partial charge is 0.0887 e. The highest BCUT2D eigenvalue weighted by Gasteiger charge is 2.36. The molecule has 4 atom stereocenters. The molecule has 0 spiro atoms. The van der Waals surface area contributed by atoms with Crippen LogP contribution in [0.5, 0.6) is 0 Å². The van der Waals surface area contributed by atoms with Gasteiger partial charge < -0.3 is 5.32 Å². The SMILES string of the molecule is CCNC(c1cc(Cl)c(Br)s1)C1CCC2CCCCC2C1. The monoisotopic (exact) mass is 389 g/mol. The van der Waals surface area contributed by atoms with E-state index in [1.54, 1.807) is 0 Å². The van der Waals surface area contributed by atoms with Crippen LogP contribution in [-0.4, -0.2) is 6.54 Å². The lowest BCUT2D eigenvalue weighted by Crippen LogP contribution is -2.35. The molecule has 0 saturated heterocycles. The van der Waals surface area contributed by atoms with E-state index in [-0.39, 0.29) is 0 Å². The molecule has 2 fully saturated rings. The van der Waals surface area contributed by atoms with Crippen molar-refractivity contribution in [1.29, 1.82) is 0 Å². The maximum absolute atomic E-state index is 6.26. The molecule has 21 heavy (non-hydrogen) atoms. The number of fused-ring (bicyclic) bond motifs is 1. The van der Waals surface area contributed by atoms with E-state index in [0.29, 0.717) is 6.04 Å². The van der Waals surface area contributed by atoms with Gasteiger partial charge in [-0.3, -0.25) is 0 Å². The van der Waals surface area contributed by atoms with E-state index in [9.17, 15) is 0 Å². The normalized spacial score (nSPS) is 30.9. The van der Waals surface area contributed by atoms with Gasteiger partial charge in [0.05, 0.1) is 8.81 Å². The third kappa shape index (κ3) is 3.68. The van der Waals surface area contributed by atoms with Gasteiger partial charge in [-0.15, -0.1) is 11.3 Å². The van der Waals surface area contributed by atoms with Crippen molar-refractivity contribution in [3.63, 3.8) is 0 Å². The lowest BCUT2D eigenvalue weighted by atomic mass is 9.66. The van der Waals surface area contributed by atoms with Crippen LogP contribution in [-0.2, 0) is 0 Å². The predicted molar refractivity (Wildman–Crippen MR) is 96.2 cm³/mol. The lowest BCUT2D eigenvalue weighted by molar-refractivity contribution is 0.110. The van der Waals surface area contributed by atoms with Crippen molar-refractivity contribution in [2.45, 2.75) is 57.9 Å². The Morgan fingerprint density at radius 3 is 2.71 bits per heavy atom. The molecule has 1 aromatic rings. The summed E-state index contributed by atoms with van der Waals surface area (Å²) in [5.74, 6) is 2.79. The summed E-state index contributed by atoms with van der Waals surface area (Å²) in [5.41, 5.74) is 0. The molecule has 2 aliphatic rings. The van der Waals surface area contributed by atoms with Crippen molar-refractivity contribution in [1.82, 2.24) is 5.32 Å². The first kappa shape index (κ1) is 16.3. The summed E-state index contributed by atoms with van der Waals surface area (Å²) < 4.78 is 1.08. The zero-order chi connectivity index (χ0) is 14.8. The van der Waals surface area contributed by atoms with Crippen LogP contribution in [0, 0.1) is 17.8 Å². The number of hydrogen-bond acceptors (Lipinski definition) is 2. The maximum Gasteiger partial charge on any atom is 0.0887 e. The zero-order valence-electron chi connectivity index (χ0n) is 12.7. The van der Waals surface area contributed by atoms with Gasteiger partial charge in [-0.2, -0.15) is 0 Å². The second-order valence-electron chi connectivity index (χ2n) is 6.68. The molecule has 0 bridgehead atoms. The summed E-state index contributed by atoms with van der Waals surface area (Å²) in [4.78, 5) is 1.41. The third-order valence-electron chi connectivity index (χ3n) is 5.45. The molecule has 1 N–H and O–H groups in total. The highest BCUT2D eigenvalue weighted by Crippen LogP contribution is 2.47. The number of thiophene rings is 1. The largest absolute Gasteiger partial charge is 0.309 e. The van der Waals surface area contributed by atoms with Crippen LogP contribution in [0.3, 0.4) is 0 Å². The van der Waals surface area contributed by atoms with Gasteiger partial charge in [0.2, 0.25) is 0 Å².